The standard InChI is InChI=1S/C18H28N2/c1-13-8-9-20(14(2)10-13)18(12-19)17-5-3-4-16(11-17)15-6-7-15/h3-5,11,13-15,18H,6-10,12,19H2,1-2H3. The first kappa shape index (κ1) is 14.1. The Morgan fingerprint density at radius 3 is 2.70 bits per heavy atom. The Kier molecular flexibility index (Phi) is 4.13. The van der Waals surface area contributed by atoms with E-state index in [4.69, 9.17) is 5.73 Å². The fourth-order valence-corrected chi connectivity index (χ4v) is 3.79. The average molecular weight is 272 g/mol. The molecule has 1 heterocycles. The number of nitrogens with zero attached hydrogens (tertiary/aromatic N) is 1. The number of nitrogens with two attached hydrogens (primary N) is 1. The summed E-state index contributed by atoms with van der Waals surface area (Å²) in [6, 6.07) is 10.3. The molecule has 3 rings (SSSR count). The molecule has 2 fully saturated rings. The van der Waals surface area contributed by atoms with E-state index in [1.165, 1.54) is 43.4 Å². The predicted molar refractivity (Wildman–Crippen MR) is 84.8 cm³/mol. The molecule has 1 aliphatic heterocycles. The summed E-state index contributed by atoms with van der Waals surface area (Å²) < 4.78 is 0. The van der Waals surface area contributed by atoms with Crippen molar-refractivity contribution in [1.82, 2.24) is 4.90 Å². The van der Waals surface area contributed by atoms with Gasteiger partial charge in [0, 0.05) is 18.6 Å². The van der Waals surface area contributed by atoms with Crippen LogP contribution in [0.25, 0.3) is 0 Å². The lowest BCUT2D eigenvalue weighted by atomic mass is 9.90. The van der Waals surface area contributed by atoms with Gasteiger partial charge in [-0.1, -0.05) is 31.2 Å². The molecular formula is C18H28N2. The largest absolute Gasteiger partial charge is 0.329 e. The highest BCUT2D eigenvalue weighted by atomic mass is 15.2. The SMILES string of the molecule is CC1CCN(C(CN)c2cccc(C3CC3)c2)C(C)C1. The van der Waals surface area contributed by atoms with Crippen LogP contribution in [0.2, 0.25) is 0 Å². The van der Waals surface area contributed by atoms with Crippen molar-refractivity contribution in [1.29, 1.82) is 0 Å². The van der Waals surface area contributed by atoms with Gasteiger partial charge < -0.3 is 5.73 Å². The van der Waals surface area contributed by atoms with Gasteiger partial charge in [0.15, 0.2) is 0 Å². The fraction of sp³-hybridized carbons (Fsp3) is 0.667. The topological polar surface area (TPSA) is 29.3 Å². The zero-order chi connectivity index (χ0) is 14.1. The van der Waals surface area contributed by atoms with Crippen LogP contribution in [-0.4, -0.2) is 24.0 Å². The van der Waals surface area contributed by atoms with Gasteiger partial charge >= 0.3 is 0 Å². The molecule has 1 saturated heterocycles. The van der Waals surface area contributed by atoms with Gasteiger partial charge in [-0.25, -0.2) is 0 Å². The monoisotopic (exact) mass is 272 g/mol. The van der Waals surface area contributed by atoms with Gasteiger partial charge in [-0.05, 0) is 62.1 Å². The first-order valence-corrected chi connectivity index (χ1v) is 8.24. The summed E-state index contributed by atoms with van der Waals surface area (Å²) in [5.74, 6) is 1.68. The molecule has 1 aliphatic carbocycles. The quantitative estimate of drug-likeness (QED) is 0.906. The number of benzene rings is 1. The van der Waals surface area contributed by atoms with Crippen LogP contribution in [0.4, 0.5) is 0 Å². The molecule has 0 bridgehead atoms. The molecule has 110 valence electrons. The van der Waals surface area contributed by atoms with Gasteiger partial charge in [0.05, 0.1) is 0 Å². The summed E-state index contributed by atoms with van der Waals surface area (Å²) >= 11 is 0. The number of hydrogen-bond acceptors (Lipinski definition) is 2. The fourth-order valence-electron chi connectivity index (χ4n) is 3.79. The first-order chi connectivity index (χ1) is 9.69. The van der Waals surface area contributed by atoms with Crippen molar-refractivity contribution in [2.45, 2.75) is 57.5 Å². The Morgan fingerprint density at radius 1 is 1.25 bits per heavy atom. The van der Waals surface area contributed by atoms with Gasteiger partial charge in [0.1, 0.15) is 0 Å². The Labute approximate surface area is 123 Å². The molecule has 0 spiro atoms. The molecule has 2 heteroatoms. The lowest BCUT2D eigenvalue weighted by Gasteiger charge is -2.41. The second kappa shape index (κ2) is 5.87. The van der Waals surface area contributed by atoms with E-state index >= 15 is 0 Å². The van der Waals surface area contributed by atoms with Crippen molar-refractivity contribution < 1.29 is 0 Å². The highest BCUT2D eigenvalue weighted by Gasteiger charge is 2.30. The van der Waals surface area contributed by atoms with Crippen molar-refractivity contribution in [2.24, 2.45) is 11.7 Å². The van der Waals surface area contributed by atoms with Crippen molar-refractivity contribution in [3.63, 3.8) is 0 Å². The van der Waals surface area contributed by atoms with Gasteiger partial charge in [-0.15, -0.1) is 0 Å². The number of hydrogen-bond donors (Lipinski definition) is 1. The molecule has 3 atom stereocenters. The van der Waals surface area contributed by atoms with E-state index in [-0.39, 0.29) is 0 Å². The second-order valence-electron chi connectivity index (χ2n) is 6.91. The second-order valence-corrected chi connectivity index (χ2v) is 6.91. The number of likely N-dealkylation sites (tertiary alicyclic amines) is 1. The van der Waals surface area contributed by atoms with Crippen LogP contribution < -0.4 is 5.73 Å². The highest BCUT2D eigenvalue weighted by molar-refractivity contribution is 5.31. The maximum atomic E-state index is 6.13. The van der Waals surface area contributed by atoms with Gasteiger partial charge in [0.25, 0.3) is 0 Å². The third-order valence-corrected chi connectivity index (χ3v) is 5.16. The molecule has 2 N–H and O–H groups in total. The van der Waals surface area contributed by atoms with Crippen LogP contribution in [0, 0.1) is 5.92 Å². The van der Waals surface area contributed by atoms with Crippen molar-refractivity contribution in [3.05, 3.63) is 35.4 Å². The zero-order valence-corrected chi connectivity index (χ0v) is 12.9. The Bertz CT molecular complexity index is 452. The van der Waals surface area contributed by atoms with Crippen LogP contribution in [0.1, 0.15) is 62.6 Å². The minimum Gasteiger partial charge on any atom is -0.329 e. The summed E-state index contributed by atoms with van der Waals surface area (Å²) in [4.78, 5) is 2.63. The molecule has 2 nitrogen and oxygen atoms in total. The van der Waals surface area contributed by atoms with E-state index in [0.717, 1.165) is 18.4 Å². The Morgan fingerprint density at radius 2 is 2.05 bits per heavy atom. The summed E-state index contributed by atoms with van der Waals surface area (Å²) in [6.45, 7) is 6.66. The first-order valence-electron chi connectivity index (χ1n) is 8.24. The Hall–Kier alpha value is -0.860. The van der Waals surface area contributed by atoms with E-state index in [9.17, 15) is 0 Å². The molecular weight excluding hydrogens is 244 g/mol. The molecule has 0 amide bonds. The van der Waals surface area contributed by atoms with E-state index in [2.05, 4.69) is 43.0 Å². The molecule has 2 aliphatic rings. The van der Waals surface area contributed by atoms with Crippen LogP contribution in [0.3, 0.4) is 0 Å². The average Bonchev–Trinajstić information content (AvgIpc) is 3.27. The van der Waals surface area contributed by atoms with Crippen LogP contribution in [0.5, 0.6) is 0 Å². The van der Waals surface area contributed by atoms with Gasteiger partial charge in [-0.2, -0.15) is 0 Å². The third kappa shape index (κ3) is 2.91. The molecule has 0 aromatic heterocycles. The molecule has 1 saturated carbocycles. The van der Waals surface area contributed by atoms with Crippen LogP contribution >= 0.6 is 0 Å². The number of rotatable bonds is 4. The summed E-state index contributed by atoms with van der Waals surface area (Å²) in [5.41, 5.74) is 9.09. The molecule has 0 radical (unpaired) electrons. The summed E-state index contributed by atoms with van der Waals surface area (Å²) in [7, 11) is 0. The lowest BCUT2D eigenvalue weighted by molar-refractivity contribution is 0.0847. The van der Waals surface area contributed by atoms with E-state index < -0.39 is 0 Å². The number of piperidine rings is 1. The molecule has 1 aromatic carbocycles. The van der Waals surface area contributed by atoms with Gasteiger partial charge in [-0.3, -0.25) is 4.90 Å². The minimum atomic E-state index is 0.399. The lowest BCUT2D eigenvalue weighted by Crippen LogP contribution is -2.44. The summed E-state index contributed by atoms with van der Waals surface area (Å²) in [5, 5.41) is 0. The normalized spacial score (nSPS) is 29.4. The maximum Gasteiger partial charge on any atom is 0.0473 e. The van der Waals surface area contributed by atoms with Gasteiger partial charge in [0.2, 0.25) is 0 Å². The van der Waals surface area contributed by atoms with E-state index in [1.807, 2.05) is 0 Å². The third-order valence-electron chi connectivity index (χ3n) is 5.16. The minimum absolute atomic E-state index is 0.399. The zero-order valence-electron chi connectivity index (χ0n) is 12.9. The summed E-state index contributed by atoms with van der Waals surface area (Å²) in [6.07, 6.45) is 5.35. The highest BCUT2D eigenvalue weighted by Crippen LogP contribution is 2.41. The molecule has 1 aromatic rings. The van der Waals surface area contributed by atoms with E-state index in [1.54, 1.807) is 0 Å². The van der Waals surface area contributed by atoms with Crippen molar-refractivity contribution >= 4 is 0 Å². The van der Waals surface area contributed by atoms with E-state index in [0.29, 0.717) is 12.1 Å². The van der Waals surface area contributed by atoms with Crippen LogP contribution in [0.15, 0.2) is 24.3 Å². The van der Waals surface area contributed by atoms with Crippen molar-refractivity contribution in [3.8, 4) is 0 Å². The maximum absolute atomic E-state index is 6.13. The Balaban J connectivity index is 1.80. The molecule has 20 heavy (non-hydrogen) atoms. The molecule has 3 unspecified atom stereocenters. The van der Waals surface area contributed by atoms with Crippen molar-refractivity contribution in [2.75, 3.05) is 13.1 Å². The smallest absolute Gasteiger partial charge is 0.0473 e. The van der Waals surface area contributed by atoms with Crippen LogP contribution in [-0.2, 0) is 0 Å². The predicted octanol–water partition coefficient (Wildman–Crippen LogP) is 3.68.